The van der Waals surface area contributed by atoms with Gasteiger partial charge in [-0.25, -0.2) is 4.79 Å². The molecule has 2 amide bonds. The van der Waals surface area contributed by atoms with E-state index in [0.29, 0.717) is 13.1 Å². The maximum absolute atomic E-state index is 12.3. The van der Waals surface area contributed by atoms with Gasteiger partial charge in [0.25, 0.3) is 0 Å². The predicted octanol–water partition coefficient (Wildman–Crippen LogP) is 2.26. The van der Waals surface area contributed by atoms with Gasteiger partial charge in [-0.2, -0.15) is 0 Å². The highest BCUT2D eigenvalue weighted by molar-refractivity contribution is 5.89. The second-order valence-electron chi connectivity index (χ2n) is 5.58. The lowest BCUT2D eigenvalue weighted by molar-refractivity contribution is 0.208. The molecule has 7 heteroatoms. The molecule has 2 aromatic rings. The number of carbonyl (C=O) groups excluding carboxylic acids is 1. The number of nitrogens with zero attached hydrogens (tertiary/aromatic N) is 4. The number of anilines is 3. The zero-order chi connectivity index (χ0) is 16.8. The van der Waals surface area contributed by atoms with Crippen LogP contribution in [0.3, 0.4) is 0 Å². The summed E-state index contributed by atoms with van der Waals surface area (Å²) >= 11 is 0. The number of hydrogen-bond donors (Lipinski definition) is 2. The molecule has 0 radical (unpaired) electrons. The van der Waals surface area contributed by atoms with Crippen LogP contribution in [0.1, 0.15) is 6.92 Å². The number of aromatic nitrogens is 2. The van der Waals surface area contributed by atoms with E-state index < -0.39 is 0 Å². The van der Waals surface area contributed by atoms with Crippen LogP contribution in [-0.2, 0) is 0 Å². The summed E-state index contributed by atoms with van der Waals surface area (Å²) in [4.78, 5) is 16.3. The van der Waals surface area contributed by atoms with Gasteiger partial charge in [-0.15, -0.1) is 10.2 Å². The van der Waals surface area contributed by atoms with E-state index in [0.717, 1.165) is 37.0 Å². The first-order valence-electron chi connectivity index (χ1n) is 8.20. The van der Waals surface area contributed by atoms with Crippen LogP contribution in [0, 0.1) is 0 Å². The van der Waals surface area contributed by atoms with Crippen molar-refractivity contribution >= 4 is 23.4 Å². The van der Waals surface area contributed by atoms with E-state index in [1.165, 1.54) is 0 Å². The first-order valence-corrected chi connectivity index (χ1v) is 8.20. The highest BCUT2D eigenvalue weighted by Crippen LogP contribution is 2.15. The molecule has 1 saturated heterocycles. The third-order valence-electron chi connectivity index (χ3n) is 3.92. The fourth-order valence-electron chi connectivity index (χ4n) is 2.63. The van der Waals surface area contributed by atoms with Gasteiger partial charge in [-0.3, -0.25) is 0 Å². The Labute approximate surface area is 141 Å². The van der Waals surface area contributed by atoms with Crippen LogP contribution < -0.4 is 15.5 Å². The molecular formula is C17H22N6O. The van der Waals surface area contributed by atoms with Gasteiger partial charge in [0.2, 0.25) is 0 Å². The molecule has 2 heterocycles. The van der Waals surface area contributed by atoms with Gasteiger partial charge < -0.3 is 20.4 Å². The first-order chi connectivity index (χ1) is 11.8. The van der Waals surface area contributed by atoms with Crippen molar-refractivity contribution in [2.75, 3.05) is 48.3 Å². The maximum atomic E-state index is 12.3. The van der Waals surface area contributed by atoms with Gasteiger partial charge in [-0.1, -0.05) is 18.2 Å². The number of nitrogens with one attached hydrogen (secondary N) is 2. The van der Waals surface area contributed by atoms with E-state index >= 15 is 0 Å². The average molecular weight is 326 g/mol. The minimum Gasteiger partial charge on any atom is -0.369 e. The van der Waals surface area contributed by atoms with Crippen molar-refractivity contribution in [3.63, 3.8) is 0 Å². The van der Waals surface area contributed by atoms with Gasteiger partial charge in [-0.05, 0) is 31.2 Å². The fourth-order valence-corrected chi connectivity index (χ4v) is 2.63. The number of rotatable bonds is 4. The number of benzene rings is 1. The normalized spacial score (nSPS) is 14.4. The van der Waals surface area contributed by atoms with Crippen molar-refractivity contribution in [2.24, 2.45) is 0 Å². The molecule has 3 rings (SSSR count). The van der Waals surface area contributed by atoms with Crippen LogP contribution >= 0.6 is 0 Å². The van der Waals surface area contributed by atoms with Gasteiger partial charge >= 0.3 is 6.03 Å². The van der Waals surface area contributed by atoms with E-state index in [-0.39, 0.29) is 6.03 Å². The lowest BCUT2D eigenvalue weighted by Gasteiger charge is -2.35. The number of amides is 2. The molecule has 0 bridgehead atoms. The SMILES string of the molecule is CCNc1ccc(N2CCN(C(=O)Nc3ccccc3)CC2)nn1. The molecule has 126 valence electrons. The first kappa shape index (κ1) is 16.0. The summed E-state index contributed by atoms with van der Waals surface area (Å²) in [5.41, 5.74) is 0.815. The van der Waals surface area contributed by atoms with Crippen molar-refractivity contribution in [1.29, 1.82) is 0 Å². The number of urea groups is 1. The summed E-state index contributed by atoms with van der Waals surface area (Å²) in [6.07, 6.45) is 0. The average Bonchev–Trinajstić information content (AvgIpc) is 2.64. The number of para-hydroxylation sites is 1. The minimum atomic E-state index is -0.0607. The summed E-state index contributed by atoms with van der Waals surface area (Å²) in [5, 5.41) is 14.5. The molecule has 2 N–H and O–H groups in total. The Morgan fingerprint density at radius 1 is 1.04 bits per heavy atom. The standard InChI is InChI=1S/C17H22N6O/c1-2-18-15-8-9-16(21-20-15)22-10-12-23(13-11-22)17(24)19-14-6-4-3-5-7-14/h3-9H,2,10-13H2,1H3,(H,18,20)(H,19,24). The summed E-state index contributed by atoms with van der Waals surface area (Å²) in [7, 11) is 0. The summed E-state index contributed by atoms with van der Waals surface area (Å²) in [6.45, 7) is 5.66. The highest BCUT2D eigenvalue weighted by atomic mass is 16.2. The van der Waals surface area contributed by atoms with E-state index in [1.807, 2.05) is 54.3 Å². The van der Waals surface area contributed by atoms with Crippen molar-refractivity contribution in [1.82, 2.24) is 15.1 Å². The Balaban J connectivity index is 1.52. The molecule has 0 aliphatic carbocycles. The molecule has 0 unspecified atom stereocenters. The van der Waals surface area contributed by atoms with Gasteiger partial charge in [0.15, 0.2) is 5.82 Å². The Morgan fingerprint density at radius 3 is 2.42 bits per heavy atom. The quantitative estimate of drug-likeness (QED) is 0.901. The van der Waals surface area contributed by atoms with Crippen LogP contribution in [0.25, 0.3) is 0 Å². The summed E-state index contributed by atoms with van der Waals surface area (Å²) in [6, 6.07) is 13.3. The van der Waals surface area contributed by atoms with E-state index in [9.17, 15) is 4.79 Å². The molecule has 1 aromatic heterocycles. The largest absolute Gasteiger partial charge is 0.369 e. The molecule has 1 fully saturated rings. The topological polar surface area (TPSA) is 73.4 Å². The molecule has 1 aromatic carbocycles. The number of carbonyl (C=O) groups is 1. The van der Waals surface area contributed by atoms with Crippen LogP contribution in [0.5, 0.6) is 0 Å². The molecule has 0 saturated carbocycles. The van der Waals surface area contributed by atoms with E-state index in [1.54, 1.807) is 0 Å². The third-order valence-corrected chi connectivity index (χ3v) is 3.92. The van der Waals surface area contributed by atoms with Crippen molar-refractivity contribution in [2.45, 2.75) is 6.92 Å². The lowest BCUT2D eigenvalue weighted by atomic mass is 10.3. The van der Waals surface area contributed by atoms with E-state index in [2.05, 4.69) is 25.7 Å². The smallest absolute Gasteiger partial charge is 0.321 e. The van der Waals surface area contributed by atoms with Crippen LogP contribution in [0.15, 0.2) is 42.5 Å². The Bertz CT molecular complexity index is 653. The van der Waals surface area contributed by atoms with Crippen molar-refractivity contribution in [3.8, 4) is 0 Å². The molecular weight excluding hydrogens is 304 g/mol. The zero-order valence-corrected chi connectivity index (χ0v) is 13.8. The van der Waals surface area contributed by atoms with Crippen LogP contribution in [0.2, 0.25) is 0 Å². The fraction of sp³-hybridized carbons (Fsp3) is 0.353. The Kier molecular flexibility index (Phi) is 5.10. The predicted molar refractivity (Wildman–Crippen MR) is 95.4 cm³/mol. The second-order valence-corrected chi connectivity index (χ2v) is 5.58. The van der Waals surface area contributed by atoms with Crippen molar-refractivity contribution in [3.05, 3.63) is 42.5 Å². The van der Waals surface area contributed by atoms with Gasteiger partial charge in [0.1, 0.15) is 5.82 Å². The highest BCUT2D eigenvalue weighted by Gasteiger charge is 2.22. The molecule has 7 nitrogen and oxygen atoms in total. The Morgan fingerprint density at radius 2 is 1.79 bits per heavy atom. The van der Waals surface area contributed by atoms with Crippen LogP contribution in [-0.4, -0.2) is 53.9 Å². The van der Waals surface area contributed by atoms with E-state index in [4.69, 9.17) is 0 Å². The second kappa shape index (κ2) is 7.63. The zero-order valence-electron chi connectivity index (χ0n) is 13.8. The minimum absolute atomic E-state index is 0.0607. The third kappa shape index (κ3) is 3.92. The lowest BCUT2D eigenvalue weighted by Crippen LogP contribution is -2.50. The molecule has 1 aliphatic heterocycles. The maximum Gasteiger partial charge on any atom is 0.321 e. The van der Waals surface area contributed by atoms with Gasteiger partial charge in [0, 0.05) is 38.4 Å². The molecule has 0 spiro atoms. The number of piperazine rings is 1. The monoisotopic (exact) mass is 326 g/mol. The molecule has 24 heavy (non-hydrogen) atoms. The van der Waals surface area contributed by atoms with Gasteiger partial charge in [0.05, 0.1) is 0 Å². The number of hydrogen-bond acceptors (Lipinski definition) is 5. The molecule has 1 aliphatic rings. The summed E-state index contributed by atoms with van der Waals surface area (Å²) in [5.74, 6) is 1.63. The molecule has 0 atom stereocenters. The summed E-state index contributed by atoms with van der Waals surface area (Å²) < 4.78 is 0. The van der Waals surface area contributed by atoms with Crippen molar-refractivity contribution < 1.29 is 4.79 Å². The van der Waals surface area contributed by atoms with Crippen LogP contribution in [0.4, 0.5) is 22.1 Å². The Hall–Kier alpha value is -2.83.